The number of likely N-dealkylation sites (tertiary alicyclic amines) is 1. The molecule has 0 aromatic heterocycles. The highest BCUT2D eigenvalue weighted by Crippen LogP contribution is 2.21. The Morgan fingerprint density at radius 2 is 2.18 bits per heavy atom. The number of nitrogens with zero attached hydrogens (tertiary/aromatic N) is 1. The zero-order valence-corrected chi connectivity index (χ0v) is 9.66. The molecule has 2 N–H and O–H groups in total. The molecule has 1 aliphatic rings. The third kappa shape index (κ3) is 3.31. The number of piperidine rings is 1. The van der Waals surface area contributed by atoms with Crippen molar-refractivity contribution in [3.8, 4) is 0 Å². The summed E-state index contributed by atoms with van der Waals surface area (Å²) in [6.07, 6.45) is -0.531. The third-order valence-corrected chi connectivity index (χ3v) is 2.69. The van der Waals surface area contributed by atoms with Gasteiger partial charge in [-0.25, -0.2) is 9.59 Å². The van der Waals surface area contributed by atoms with Crippen LogP contribution in [0.1, 0.15) is 12.8 Å². The molecular weight excluding hydrogens is 230 g/mol. The van der Waals surface area contributed by atoms with Crippen molar-refractivity contribution in [2.24, 2.45) is 0 Å². The van der Waals surface area contributed by atoms with Gasteiger partial charge in [-0.3, -0.25) is 4.90 Å². The van der Waals surface area contributed by atoms with Crippen LogP contribution in [0.5, 0.6) is 0 Å². The minimum Gasteiger partial charge on any atom is -0.467 e. The SMILES string of the molecule is COC(=O)C1C(OCCO)CCCN1C(=O)O. The molecule has 0 aromatic carbocycles. The van der Waals surface area contributed by atoms with E-state index >= 15 is 0 Å². The van der Waals surface area contributed by atoms with Crippen LogP contribution in [-0.2, 0) is 14.3 Å². The first-order valence-corrected chi connectivity index (χ1v) is 5.41. The molecule has 0 spiro atoms. The van der Waals surface area contributed by atoms with Crippen LogP contribution in [0, 0.1) is 0 Å². The number of carbonyl (C=O) groups is 2. The van der Waals surface area contributed by atoms with Crippen molar-refractivity contribution >= 4 is 12.1 Å². The first-order chi connectivity index (χ1) is 8.11. The van der Waals surface area contributed by atoms with Crippen LogP contribution in [0.2, 0.25) is 0 Å². The lowest BCUT2D eigenvalue weighted by Gasteiger charge is -2.37. The third-order valence-electron chi connectivity index (χ3n) is 2.69. The van der Waals surface area contributed by atoms with E-state index in [0.29, 0.717) is 12.8 Å². The summed E-state index contributed by atoms with van der Waals surface area (Å²) >= 11 is 0. The molecule has 7 nitrogen and oxygen atoms in total. The number of carbonyl (C=O) groups excluding carboxylic acids is 1. The van der Waals surface area contributed by atoms with Crippen LogP contribution in [0.15, 0.2) is 0 Å². The van der Waals surface area contributed by atoms with Crippen LogP contribution in [0.3, 0.4) is 0 Å². The van der Waals surface area contributed by atoms with Gasteiger partial charge >= 0.3 is 12.1 Å². The second-order valence-corrected chi connectivity index (χ2v) is 3.72. The Hall–Kier alpha value is -1.34. The van der Waals surface area contributed by atoms with Crippen molar-refractivity contribution < 1.29 is 29.3 Å². The highest BCUT2D eigenvalue weighted by Gasteiger charge is 2.40. The monoisotopic (exact) mass is 247 g/mol. The zero-order chi connectivity index (χ0) is 12.8. The Morgan fingerprint density at radius 1 is 1.47 bits per heavy atom. The van der Waals surface area contributed by atoms with Gasteiger partial charge in [0.05, 0.1) is 26.4 Å². The Kier molecular flexibility index (Phi) is 5.17. The molecule has 7 heteroatoms. The van der Waals surface area contributed by atoms with E-state index in [1.165, 1.54) is 7.11 Å². The predicted molar refractivity (Wildman–Crippen MR) is 56.6 cm³/mol. The van der Waals surface area contributed by atoms with Crippen molar-refractivity contribution in [3.63, 3.8) is 0 Å². The highest BCUT2D eigenvalue weighted by atomic mass is 16.5. The normalized spacial score (nSPS) is 24.5. The summed E-state index contributed by atoms with van der Waals surface area (Å²) in [5.74, 6) is -0.630. The molecule has 1 saturated heterocycles. The maximum atomic E-state index is 11.6. The lowest BCUT2D eigenvalue weighted by molar-refractivity contribution is -0.155. The van der Waals surface area contributed by atoms with E-state index in [-0.39, 0.29) is 19.8 Å². The predicted octanol–water partition coefficient (Wildman–Crippen LogP) is -0.321. The van der Waals surface area contributed by atoms with E-state index in [1.54, 1.807) is 0 Å². The van der Waals surface area contributed by atoms with Crippen LogP contribution in [-0.4, -0.2) is 66.2 Å². The van der Waals surface area contributed by atoms with Crippen molar-refractivity contribution in [1.29, 1.82) is 0 Å². The molecule has 1 rings (SSSR count). The number of amides is 1. The van der Waals surface area contributed by atoms with Crippen LogP contribution in [0.25, 0.3) is 0 Å². The van der Waals surface area contributed by atoms with Crippen molar-refractivity contribution in [2.75, 3.05) is 26.9 Å². The van der Waals surface area contributed by atoms with Gasteiger partial charge in [0.2, 0.25) is 0 Å². The summed E-state index contributed by atoms with van der Waals surface area (Å²) in [6, 6.07) is -0.946. The van der Waals surface area contributed by atoms with Gasteiger partial charge in [0.1, 0.15) is 0 Å². The molecular formula is C10H17NO6. The first kappa shape index (κ1) is 13.7. The van der Waals surface area contributed by atoms with Crippen molar-refractivity contribution in [3.05, 3.63) is 0 Å². The molecule has 1 amide bonds. The van der Waals surface area contributed by atoms with Gasteiger partial charge in [0, 0.05) is 6.54 Å². The molecule has 0 radical (unpaired) electrons. The number of esters is 1. The highest BCUT2D eigenvalue weighted by molar-refractivity contribution is 5.81. The second-order valence-electron chi connectivity index (χ2n) is 3.72. The van der Waals surface area contributed by atoms with Gasteiger partial charge in [-0.1, -0.05) is 0 Å². The minimum absolute atomic E-state index is 0.0750. The number of methoxy groups -OCH3 is 1. The molecule has 17 heavy (non-hydrogen) atoms. The van der Waals surface area contributed by atoms with Crippen molar-refractivity contribution in [2.45, 2.75) is 25.0 Å². The van der Waals surface area contributed by atoms with Crippen molar-refractivity contribution in [1.82, 2.24) is 4.90 Å². The summed E-state index contributed by atoms with van der Waals surface area (Å²) in [7, 11) is 1.21. The average Bonchev–Trinajstić information content (AvgIpc) is 2.34. The van der Waals surface area contributed by atoms with E-state index in [2.05, 4.69) is 4.74 Å². The summed E-state index contributed by atoms with van der Waals surface area (Å²) in [4.78, 5) is 23.6. The number of hydrogen-bond donors (Lipinski definition) is 2. The van der Waals surface area contributed by atoms with E-state index in [9.17, 15) is 9.59 Å². The van der Waals surface area contributed by atoms with Gasteiger partial charge in [-0.2, -0.15) is 0 Å². The molecule has 2 unspecified atom stereocenters. The average molecular weight is 247 g/mol. The van der Waals surface area contributed by atoms with Crippen LogP contribution in [0.4, 0.5) is 4.79 Å². The molecule has 1 aliphatic heterocycles. The molecule has 0 saturated carbocycles. The largest absolute Gasteiger partial charge is 0.467 e. The number of aliphatic hydroxyl groups excluding tert-OH is 1. The lowest BCUT2D eigenvalue weighted by atomic mass is 9.99. The first-order valence-electron chi connectivity index (χ1n) is 5.41. The molecule has 0 aliphatic carbocycles. The Morgan fingerprint density at radius 3 is 2.71 bits per heavy atom. The molecule has 98 valence electrons. The number of aliphatic hydroxyl groups is 1. The van der Waals surface area contributed by atoms with Gasteiger partial charge < -0.3 is 19.7 Å². The Labute approximate surface area is 98.9 Å². The summed E-state index contributed by atoms with van der Waals surface area (Å²) in [6.45, 7) is 0.192. The molecule has 2 atom stereocenters. The van der Waals surface area contributed by atoms with E-state index in [0.717, 1.165) is 4.90 Å². The molecule has 1 heterocycles. The molecule has 1 fully saturated rings. The Bertz CT molecular complexity index is 282. The van der Waals surface area contributed by atoms with E-state index in [1.807, 2.05) is 0 Å². The van der Waals surface area contributed by atoms with Gasteiger partial charge in [0.25, 0.3) is 0 Å². The number of hydrogen-bond acceptors (Lipinski definition) is 5. The quantitative estimate of drug-likeness (QED) is 0.661. The summed E-state index contributed by atoms with van der Waals surface area (Å²) in [5, 5.41) is 17.7. The number of ether oxygens (including phenoxy) is 2. The van der Waals surface area contributed by atoms with Gasteiger partial charge in [-0.05, 0) is 12.8 Å². The smallest absolute Gasteiger partial charge is 0.408 e. The molecule has 0 aromatic rings. The fourth-order valence-corrected chi connectivity index (χ4v) is 1.95. The standard InChI is InChI=1S/C10H17NO6/c1-16-9(13)8-7(17-6-5-12)3-2-4-11(8)10(14)15/h7-8,12H,2-6H2,1H3,(H,14,15). The molecule has 0 bridgehead atoms. The van der Waals surface area contributed by atoms with Gasteiger partial charge in [0.15, 0.2) is 6.04 Å². The number of carboxylic acid groups (broad SMARTS) is 1. The van der Waals surface area contributed by atoms with Crippen LogP contribution < -0.4 is 0 Å². The maximum Gasteiger partial charge on any atom is 0.408 e. The minimum atomic E-state index is -1.17. The number of rotatable bonds is 4. The fraction of sp³-hybridized carbons (Fsp3) is 0.800. The summed E-state index contributed by atoms with van der Waals surface area (Å²) in [5.41, 5.74) is 0. The Balaban J connectivity index is 2.79. The van der Waals surface area contributed by atoms with Crippen LogP contribution >= 0.6 is 0 Å². The maximum absolute atomic E-state index is 11.6. The zero-order valence-electron chi connectivity index (χ0n) is 9.66. The second kappa shape index (κ2) is 6.41. The van der Waals surface area contributed by atoms with Gasteiger partial charge in [-0.15, -0.1) is 0 Å². The fourth-order valence-electron chi connectivity index (χ4n) is 1.95. The lowest BCUT2D eigenvalue weighted by Crippen LogP contribution is -2.56. The summed E-state index contributed by atoms with van der Waals surface area (Å²) < 4.78 is 9.89. The van der Waals surface area contributed by atoms with E-state index in [4.69, 9.17) is 14.9 Å². The van der Waals surface area contributed by atoms with E-state index < -0.39 is 24.2 Å². The topological polar surface area (TPSA) is 96.3 Å².